The highest BCUT2D eigenvalue weighted by Gasteiger charge is 2.25. The molecule has 0 saturated carbocycles. The van der Waals surface area contributed by atoms with Gasteiger partial charge in [0.05, 0.1) is 0 Å². The van der Waals surface area contributed by atoms with E-state index >= 15 is 0 Å². The van der Waals surface area contributed by atoms with Gasteiger partial charge in [0, 0.05) is 36.9 Å². The summed E-state index contributed by atoms with van der Waals surface area (Å²) in [7, 11) is 0. The number of aromatic nitrogens is 2. The summed E-state index contributed by atoms with van der Waals surface area (Å²) in [6.07, 6.45) is 4.80. The normalized spacial score (nSPS) is 17.6. The highest BCUT2D eigenvalue weighted by molar-refractivity contribution is 5.96. The van der Waals surface area contributed by atoms with Gasteiger partial charge >= 0.3 is 0 Å². The van der Waals surface area contributed by atoms with Gasteiger partial charge in [0.2, 0.25) is 0 Å². The summed E-state index contributed by atoms with van der Waals surface area (Å²) in [4.78, 5) is 33.1. The van der Waals surface area contributed by atoms with Crippen molar-refractivity contribution in [1.29, 1.82) is 0 Å². The van der Waals surface area contributed by atoms with Crippen molar-refractivity contribution in [3.63, 3.8) is 0 Å². The first-order valence-corrected chi connectivity index (χ1v) is 8.29. The van der Waals surface area contributed by atoms with Crippen molar-refractivity contribution in [2.24, 2.45) is 0 Å². The van der Waals surface area contributed by atoms with Crippen molar-refractivity contribution < 1.29 is 9.21 Å². The fourth-order valence-corrected chi connectivity index (χ4v) is 3.21. The van der Waals surface area contributed by atoms with Crippen LogP contribution in [0.3, 0.4) is 0 Å². The zero-order valence-corrected chi connectivity index (χ0v) is 13.6. The highest BCUT2D eigenvalue weighted by Crippen LogP contribution is 2.20. The molecule has 7 nitrogen and oxygen atoms in total. The first-order chi connectivity index (χ1) is 12.2. The lowest BCUT2D eigenvalue weighted by Crippen LogP contribution is -2.49. The molecule has 3 aromatic rings. The number of H-pyrrole nitrogens is 1. The zero-order valence-electron chi connectivity index (χ0n) is 13.6. The molecule has 0 unspecified atom stereocenters. The number of hydrogen-bond acceptors (Lipinski definition) is 5. The van der Waals surface area contributed by atoms with E-state index in [1.807, 2.05) is 29.2 Å². The standard InChI is InChI=1S/C18H18N4O3/c23-17(15-10-12-4-1-2-6-14(12)25-15)21-13-5-3-9-22(11-13)16-18(24)20-8-7-19-16/h1-2,4,6-8,10,13H,3,5,9,11H2,(H,20,24)(H,21,23)/t13-/m0/s1. The number of rotatable bonds is 3. The van der Waals surface area contributed by atoms with E-state index in [1.54, 1.807) is 12.3 Å². The molecule has 4 rings (SSSR count). The Morgan fingerprint density at radius 3 is 3.08 bits per heavy atom. The van der Waals surface area contributed by atoms with Gasteiger partial charge in [-0.1, -0.05) is 18.2 Å². The van der Waals surface area contributed by atoms with E-state index in [0.717, 1.165) is 24.8 Å². The molecule has 25 heavy (non-hydrogen) atoms. The van der Waals surface area contributed by atoms with E-state index in [2.05, 4.69) is 15.3 Å². The average Bonchev–Trinajstić information content (AvgIpc) is 3.07. The monoisotopic (exact) mass is 338 g/mol. The Hall–Kier alpha value is -3.09. The molecule has 1 amide bonds. The van der Waals surface area contributed by atoms with Gasteiger partial charge in [0.1, 0.15) is 5.58 Å². The van der Waals surface area contributed by atoms with E-state index in [0.29, 0.717) is 23.7 Å². The van der Waals surface area contributed by atoms with Gasteiger partial charge < -0.3 is 19.6 Å². The van der Waals surface area contributed by atoms with Crippen LogP contribution in [-0.2, 0) is 0 Å². The molecule has 128 valence electrons. The molecule has 1 atom stereocenters. The summed E-state index contributed by atoms with van der Waals surface area (Å²) in [5, 5.41) is 3.90. The summed E-state index contributed by atoms with van der Waals surface area (Å²) in [5.41, 5.74) is 0.477. The third-order valence-electron chi connectivity index (χ3n) is 4.39. The number of anilines is 1. The molecular formula is C18H18N4O3. The number of fused-ring (bicyclic) bond motifs is 1. The quantitative estimate of drug-likeness (QED) is 0.761. The molecule has 0 radical (unpaired) electrons. The predicted molar refractivity (Wildman–Crippen MR) is 93.8 cm³/mol. The number of benzene rings is 1. The van der Waals surface area contributed by atoms with Crippen LogP contribution in [0.25, 0.3) is 11.0 Å². The fourth-order valence-electron chi connectivity index (χ4n) is 3.21. The molecule has 2 aromatic heterocycles. The minimum Gasteiger partial charge on any atom is -0.451 e. The molecule has 1 aromatic carbocycles. The van der Waals surface area contributed by atoms with Gasteiger partial charge in [-0.3, -0.25) is 9.59 Å². The second kappa shape index (κ2) is 6.43. The number of carbonyl (C=O) groups is 1. The van der Waals surface area contributed by atoms with E-state index < -0.39 is 0 Å². The average molecular weight is 338 g/mol. The molecule has 3 heterocycles. The Labute approximate surface area is 143 Å². The highest BCUT2D eigenvalue weighted by atomic mass is 16.3. The molecule has 2 N–H and O–H groups in total. The van der Waals surface area contributed by atoms with Crippen molar-refractivity contribution in [3.8, 4) is 0 Å². The first kappa shape index (κ1) is 15.4. The van der Waals surface area contributed by atoms with Crippen molar-refractivity contribution >= 4 is 22.7 Å². The largest absolute Gasteiger partial charge is 0.451 e. The molecule has 0 bridgehead atoms. The Morgan fingerprint density at radius 2 is 2.24 bits per heavy atom. The first-order valence-electron chi connectivity index (χ1n) is 8.29. The molecule has 1 saturated heterocycles. The minimum absolute atomic E-state index is 0.0594. The minimum atomic E-state index is -0.238. The number of furan rings is 1. The summed E-state index contributed by atoms with van der Waals surface area (Å²) in [6, 6.07) is 9.21. The van der Waals surface area contributed by atoms with Crippen LogP contribution in [0.15, 0.2) is 51.9 Å². The summed E-state index contributed by atoms with van der Waals surface area (Å²) >= 11 is 0. The van der Waals surface area contributed by atoms with Crippen LogP contribution in [0.5, 0.6) is 0 Å². The van der Waals surface area contributed by atoms with Gasteiger partial charge in [-0.2, -0.15) is 0 Å². The lowest BCUT2D eigenvalue weighted by atomic mass is 10.1. The van der Waals surface area contributed by atoms with Crippen molar-refractivity contribution in [2.45, 2.75) is 18.9 Å². The number of para-hydroxylation sites is 1. The second-order valence-electron chi connectivity index (χ2n) is 6.15. The molecule has 1 aliphatic rings. The lowest BCUT2D eigenvalue weighted by molar-refractivity contribution is 0.0907. The number of amides is 1. The third kappa shape index (κ3) is 3.13. The number of carbonyl (C=O) groups excluding carboxylic acids is 1. The van der Waals surface area contributed by atoms with E-state index in [9.17, 15) is 9.59 Å². The van der Waals surface area contributed by atoms with Crippen LogP contribution in [0.1, 0.15) is 23.4 Å². The van der Waals surface area contributed by atoms with Crippen LogP contribution >= 0.6 is 0 Å². The van der Waals surface area contributed by atoms with Gasteiger partial charge in [-0.25, -0.2) is 4.98 Å². The maximum Gasteiger partial charge on any atom is 0.290 e. The summed E-state index contributed by atoms with van der Waals surface area (Å²) in [5.74, 6) is 0.456. The number of nitrogens with zero attached hydrogens (tertiary/aromatic N) is 2. The molecule has 7 heteroatoms. The number of nitrogens with one attached hydrogen (secondary N) is 2. The molecule has 0 aliphatic carbocycles. The summed E-state index contributed by atoms with van der Waals surface area (Å²) in [6.45, 7) is 1.29. The number of aromatic amines is 1. The van der Waals surface area contributed by atoms with E-state index in [1.165, 1.54) is 6.20 Å². The van der Waals surface area contributed by atoms with Crippen molar-refractivity contribution in [2.75, 3.05) is 18.0 Å². The maximum absolute atomic E-state index is 12.5. The van der Waals surface area contributed by atoms with Crippen LogP contribution in [-0.4, -0.2) is 35.0 Å². The third-order valence-corrected chi connectivity index (χ3v) is 4.39. The molecule has 0 spiro atoms. The smallest absolute Gasteiger partial charge is 0.290 e. The Morgan fingerprint density at radius 1 is 1.36 bits per heavy atom. The number of piperidine rings is 1. The van der Waals surface area contributed by atoms with E-state index in [4.69, 9.17) is 4.42 Å². The van der Waals surface area contributed by atoms with Gasteiger partial charge in [0.25, 0.3) is 11.5 Å². The SMILES string of the molecule is O=C(N[C@H]1CCCN(c2ncc[nH]c2=O)C1)c1cc2ccccc2o1. The van der Waals surface area contributed by atoms with Gasteiger partial charge in [0.15, 0.2) is 11.6 Å². The zero-order chi connectivity index (χ0) is 17.2. The Kier molecular flexibility index (Phi) is 3.97. The van der Waals surface area contributed by atoms with Gasteiger partial charge in [-0.15, -0.1) is 0 Å². The van der Waals surface area contributed by atoms with Crippen LogP contribution < -0.4 is 15.8 Å². The Balaban J connectivity index is 1.47. The fraction of sp³-hybridized carbons (Fsp3) is 0.278. The van der Waals surface area contributed by atoms with Crippen LogP contribution in [0.2, 0.25) is 0 Å². The van der Waals surface area contributed by atoms with E-state index in [-0.39, 0.29) is 17.5 Å². The maximum atomic E-state index is 12.5. The van der Waals surface area contributed by atoms with Gasteiger partial charge in [-0.05, 0) is 25.0 Å². The molecule has 1 aliphatic heterocycles. The molecular weight excluding hydrogens is 320 g/mol. The number of hydrogen-bond donors (Lipinski definition) is 2. The second-order valence-corrected chi connectivity index (χ2v) is 6.15. The summed E-state index contributed by atoms with van der Waals surface area (Å²) < 4.78 is 5.61. The van der Waals surface area contributed by atoms with Crippen LogP contribution in [0, 0.1) is 0 Å². The predicted octanol–water partition coefficient (Wildman–Crippen LogP) is 1.91. The lowest BCUT2D eigenvalue weighted by Gasteiger charge is -2.33. The van der Waals surface area contributed by atoms with Crippen molar-refractivity contribution in [1.82, 2.24) is 15.3 Å². The molecule has 1 fully saturated rings. The topological polar surface area (TPSA) is 91.2 Å². The van der Waals surface area contributed by atoms with Crippen LogP contribution in [0.4, 0.5) is 5.82 Å². The Bertz CT molecular complexity index is 929. The van der Waals surface area contributed by atoms with Crippen molar-refractivity contribution in [3.05, 3.63) is 58.8 Å².